The van der Waals surface area contributed by atoms with Gasteiger partial charge in [0.15, 0.2) is 6.61 Å². The molecule has 1 amide bonds. The first-order chi connectivity index (χ1) is 13.6. The third-order valence-electron chi connectivity index (χ3n) is 4.41. The number of nitrogens with zero attached hydrogens (tertiary/aromatic N) is 1. The minimum Gasteiger partial charge on any atom is -0.497 e. The van der Waals surface area contributed by atoms with Gasteiger partial charge in [-0.2, -0.15) is 0 Å². The zero-order valence-electron chi connectivity index (χ0n) is 15.8. The Morgan fingerprint density at radius 2 is 1.71 bits per heavy atom. The summed E-state index contributed by atoms with van der Waals surface area (Å²) in [5.74, 6) is -0.230. The number of ether oxygens (including phenoxy) is 3. The van der Waals surface area contributed by atoms with E-state index in [-0.39, 0.29) is 6.61 Å². The van der Waals surface area contributed by atoms with Crippen molar-refractivity contribution in [1.29, 1.82) is 0 Å². The molecule has 1 N–H and O–H groups in total. The average Bonchev–Trinajstić information content (AvgIpc) is 2.74. The number of hydrogen-bond donors (Lipinski definition) is 1. The smallest absolute Gasteiger partial charge is 0.338 e. The van der Waals surface area contributed by atoms with Crippen molar-refractivity contribution in [3.05, 3.63) is 59.7 Å². The topological polar surface area (TPSA) is 77.1 Å². The van der Waals surface area contributed by atoms with Gasteiger partial charge in [-0.25, -0.2) is 4.79 Å². The van der Waals surface area contributed by atoms with Gasteiger partial charge in [-0.3, -0.25) is 9.69 Å². The van der Waals surface area contributed by atoms with Gasteiger partial charge < -0.3 is 19.5 Å². The second kappa shape index (κ2) is 9.87. The van der Waals surface area contributed by atoms with Crippen molar-refractivity contribution in [3.8, 4) is 5.75 Å². The number of carbonyl (C=O) groups excluding carboxylic acids is 2. The summed E-state index contributed by atoms with van der Waals surface area (Å²) in [5, 5.41) is 2.67. The second-order valence-corrected chi connectivity index (χ2v) is 6.44. The van der Waals surface area contributed by atoms with Crippen LogP contribution in [0, 0.1) is 0 Å². The van der Waals surface area contributed by atoms with Gasteiger partial charge in [0.25, 0.3) is 5.91 Å². The Balaban J connectivity index is 1.45. The number of morpholine rings is 1. The van der Waals surface area contributed by atoms with E-state index in [1.165, 1.54) is 0 Å². The zero-order chi connectivity index (χ0) is 19.8. The lowest BCUT2D eigenvalue weighted by molar-refractivity contribution is -0.119. The molecule has 7 heteroatoms. The van der Waals surface area contributed by atoms with Gasteiger partial charge in [0, 0.05) is 25.3 Å². The Hall–Kier alpha value is -2.90. The van der Waals surface area contributed by atoms with E-state index in [0.29, 0.717) is 17.0 Å². The van der Waals surface area contributed by atoms with E-state index in [0.717, 1.165) is 38.4 Å². The minimum absolute atomic E-state index is 0.347. The van der Waals surface area contributed by atoms with Gasteiger partial charge in [-0.05, 0) is 42.0 Å². The SMILES string of the molecule is COc1ccc(NC(=O)COC(=O)c2ccc(CN3CCOCC3)cc2)cc1. The van der Waals surface area contributed by atoms with Gasteiger partial charge in [0.1, 0.15) is 5.75 Å². The molecule has 1 aliphatic heterocycles. The number of anilines is 1. The van der Waals surface area contributed by atoms with Crippen LogP contribution in [0.1, 0.15) is 15.9 Å². The fourth-order valence-corrected chi connectivity index (χ4v) is 2.85. The van der Waals surface area contributed by atoms with Gasteiger partial charge >= 0.3 is 5.97 Å². The van der Waals surface area contributed by atoms with Gasteiger partial charge in [-0.15, -0.1) is 0 Å². The lowest BCUT2D eigenvalue weighted by Crippen LogP contribution is -2.35. The normalized spacial score (nSPS) is 14.3. The number of hydrogen-bond acceptors (Lipinski definition) is 6. The molecule has 1 heterocycles. The summed E-state index contributed by atoms with van der Waals surface area (Å²) in [7, 11) is 1.57. The quantitative estimate of drug-likeness (QED) is 0.739. The molecule has 0 saturated carbocycles. The predicted octanol–water partition coefficient (Wildman–Crippen LogP) is 2.32. The molecule has 0 bridgehead atoms. The number of amides is 1. The maximum Gasteiger partial charge on any atom is 0.338 e. The monoisotopic (exact) mass is 384 g/mol. The van der Waals surface area contributed by atoms with Crippen LogP contribution in [0.5, 0.6) is 5.75 Å². The van der Waals surface area contributed by atoms with Crippen LogP contribution >= 0.6 is 0 Å². The van der Waals surface area contributed by atoms with Crippen LogP contribution < -0.4 is 10.1 Å². The Labute approximate surface area is 164 Å². The predicted molar refractivity (Wildman–Crippen MR) is 104 cm³/mol. The van der Waals surface area contributed by atoms with Crippen LogP contribution in [0.2, 0.25) is 0 Å². The molecule has 1 saturated heterocycles. The number of esters is 1. The van der Waals surface area contributed by atoms with Gasteiger partial charge in [-0.1, -0.05) is 12.1 Å². The summed E-state index contributed by atoms with van der Waals surface area (Å²) in [6.07, 6.45) is 0. The molecular formula is C21H24N2O5. The van der Waals surface area contributed by atoms with Crippen molar-refractivity contribution < 1.29 is 23.8 Å². The second-order valence-electron chi connectivity index (χ2n) is 6.44. The molecule has 3 rings (SSSR count). The first kappa shape index (κ1) is 19.9. The van der Waals surface area contributed by atoms with E-state index >= 15 is 0 Å². The number of benzene rings is 2. The minimum atomic E-state index is -0.525. The summed E-state index contributed by atoms with van der Waals surface area (Å²) in [4.78, 5) is 26.4. The van der Waals surface area contributed by atoms with Crippen LogP contribution in [0.15, 0.2) is 48.5 Å². The molecule has 2 aromatic rings. The Bertz CT molecular complexity index is 783. The number of methoxy groups -OCH3 is 1. The summed E-state index contributed by atoms with van der Waals surface area (Å²) < 4.78 is 15.5. The fraction of sp³-hybridized carbons (Fsp3) is 0.333. The van der Waals surface area contributed by atoms with E-state index in [1.807, 2.05) is 12.1 Å². The summed E-state index contributed by atoms with van der Waals surface area (Å²) in [6, 6.07) is 14.2. The average molecular weight is 384 g/mol. The molecule has 28 heavy (non-hydrogen) atoms. The highest BCUT2D eigenvalue weighted by Gasteiger charge is 2.13. The molecule has 2 aromatic carbocycles. The molecule has 7 nitrogen and oxygen atoms in total. The fourth-order valence-electron chi connectivity index (χ4n) is 2.85. The van der Waals surface area contributed by atoms with Crippen molar-refractivity contribution in [1.82, 2.24) is 4.90 Å². The highest BCUT2D eigenvalue weighted by atomic mass is 16.5. The third-order valence-corrected chi connectivity index (χ3v) is 4.41. The van der Waals surface area contributed by atoms with Crippen LogP contribution in [-0.4, -0.2) is 56.8 Å². The largest absolute Gasteiger partial charge is 0.497 e. The van der Waals surface area contributed by atoms with E-state index < -0.39 is 11.9 Å². The van der Waals surface area contributed by atoms with E-state index in [9.17, 15) is 9.59 Å². The van der Waals surface area contributed by atoms with Crippen molar-refractivity contribution in [2.75, 3.05) is 45.3 Å². The van der Waals surface area contributed by atoms with E-state index in [1.54, 1.807) is 43.5 Å². The van der Waals surface area contributed by atoms with E-state index in [2.05, 4.69) is 10.2 Å². The summed E-state index contributed by atoms with van der Waals surface area (Å²) in [6.45, 7) is 3.80. The highest BCUT2D eigenvalue weighted by Crippen LogP contribution is 2.15. The van der Waals surface area contributed by atoms with E-state index in [4.69, 9.17) is 14.2 Å². The highest BCUT2D eigenvalue weighted by molar-refractivity contribution is 5.95. The molecule has 0 radical (unpaired) electrons. The van der Waals surface area contributed by atoms with Crippen LogP contribution in [0.4, 0.5) is 5.69 Å². The van der Waals surface area contributed by atoms with Crippen LogP contribution in [0.3, 0.4) is 0 Å². The number of carbonyl (C=O) groups is 2. The van der Waals surface area contributed by atoms with Gasteiger partial charge in [0.05, 0.1) is 25.9 Å². The Morgan fingerprint density at radius 3 is 2.36 bits per heavy atom. The van der Waals surface area contributed by atoms with Crippen molar-refractivity contribution >= 4 is 17.6 Å². The Morgan fingerprint density at radius 1 is 1.04 bits per heavy atom. The van der Waals surface area contributed by atoms with Crippen molar-refractivity contribution in [3.63, 3.8) is 0 Å². The standard InChI is InChI=1S/C21H24N2O5/c1-26-19-8-6-18(7-9-19)22-20(24)15-28-21(25)17-4-2-16(3-5-17)14-23-10-12-27-13-11-23/h2-9H,10-15H2,1H3,(H,22,24). The molecule has 0 atom stereocenters. The van der Waals surface area contributed by atoms with Crippen LogP contribution in [0.25, 0.3) is 0 Å². The van der Waals surface area contributed by atoms with Gasteiger partial charge in [0.2, 0.25) is 0 Å². The molecule has 0 unspecified atom stereocenters. The lowest BCUT2D eigenvalue weighted by atomic mass is 10.1. The molecule has 148 valence electrons. The first-order valence-electron chi connectivity index (χ1n) is 9.14. The molecule has 0 spiro atoms. The van der Waals surface area contributed by atoms with Crippen molar-refractivity contribution in [2.45, 2.75) is 6.54 Å². The zero-order valence-corrected chi connectivity index (χ0v) is 15.8. The molecule has 0 aliphatic carbocycles. The van der Waals surface area contributed by atoms with Crippen molar-refractivity contribution in [2.24, 2.45) is 0 Å². The third kappa shape index (κ3) is 5.80. The molecule has 1 aliphatic rings. The maximum atomic E-state index is 12.1. The summed E-state index contributed by atoms with van der Waals surface area (Å²) in [5.41, 5.74) is 2.15. The van der Waals surface area contributed by atoms with Crippen LogP contribution in [-0.2, 0) is 20.8 Å². The maximum absolute atomic E-state index is 12.1. The molecule has 0 aromatic heterocycles. The summed E-state index contributed by atoms with van der Waals surface area (Å²) >= 11 is 0. The molecular weight excluding hydrogens is 360 g/mol. The Kier molecular flexibility index (Phi) is 7.00. The number of nitrogens with one attached hydrogen (secondary N) is 1. The molecule has 1 fully saturated rings. The lowest BCUT2D eigenvalue weighted by Gasteiger charge is -2.26. The number of rotatable bonds is 7. The first-order valence-corrected chi connectivity index (χ1v) is 9.14.